The SMILES string of the molecule is N#CC(=NO)c1ccccc1.[Na]. The third-order valence-electron chi connectivity index (χ3n) is 1.25. The van der Waals surface area contributed by atoms with Gasteiger partial charge in [0.1, 0.15) is 6.07 Å². The van der Waals surface area contributed by atoms with Crippen LogP contribution in [0.3, 0.4) is 0 Å². The Morgan fingerprint density at radius 1 is 1.33 bits per heavy atom. The van der Waals surface area contributed by atoms with Crippen LogP contribution in [0.25, 0.3) is 0 Å². The molecule has 0 spiro atoms. The molecule has 0 aliphatic heterocycles. The van der Waals surface area contributed by atoms with Crippen LogP contribution in [0.2, 0.25) is 0 Å². The molecule has 1 aromatic carbocycles. The molecule has 4 heteroatoms. The van der Waals surface area contributed by atoms with Gasteiger partial charge in [-0.1, -0.05) is 35.5 Å². The molecule has 1 radical (unpaired) electrons. The summed E-state index contributed by atoms with van der Waals surface area (Å²) in [6.45, 7) is 0. The Kier molecular flexibility index (Phi) is 5.39. The molecule has 1 rings (SSSR count). The van der Waals surface area contributed by atoms with E-state index in [-0.39, 0.29) is 35.3 Å². The van der Waals surface area contributed by atoms with Gasteiger partial charge < -0.3 is 5.21 Å². The van der Waals surface area contributed by atoms with Crippen LogP contribution in [0, 0.1) is 11.3 Å². The summed E-state index contributed by atoms with van der Waals surface area (Å²) in [6, 6.07) is 10.6. The van der Waals surface area contributed by atoms with E-state index in [0.717, 1.165) is 0 Å². The summed E-state index contributed by atoms with van der Waals surface area (Å²) in [4.78, 5) is 0. The topological polar surface area (TPSA) is 56.4 Å². The van der Waals surface area contributed by atoms with E-state index in [4.69, 9.17) is 10.5 Å². The molecule has 0 fully saturated rings. The van der Waals surface area contributed by atoms with Crippen molar-refractivity contribution in [1.82, 2.24) is 0 Å². The van der Waals surface area contributed by atoms with Gasteiger partial charge in [0.2, 0.25) is 0 Å². The van der Waals surface area contributed by atoms with Crippen LogP contribution >= 0.6 is 0 Å². The smallest absolute Gasteiger partial charge is 0.186 e. The fraction of sp³-hybridized carbons (Fsp3) is 0. The zero-order valence-electron chi connectivity index (χ0n) is 6.73. The van der Waals surface area contributed by atoms with Crippen LogP contribution in [0.5, 0.6) is 0 Å². The monoisotopic (exact) mass is 169 g/mol. The van der Waals surface area contributed by atoms with Gasteiger partial charge in [-0.05, 0) is 0 Å². The number of rotatable bonds is 1. The minimum Gasteiger partial charge on any atom is -0.410 e. The predicted molar refractivity (Wildman–Crippen MR) is 46.1 cm³/mol. The molecular weight excluding hydrogens is 163 g/mol. The number of benzene rings is 1. The second-order valence-corrected chi connectivity index (χ2v) is 1.93. The average Bonchev–Trinajstić information content (AvgIpc) is 2.09. The maximum Gasteiger partial charge on any atom is 0.186 e. The van der Waals surface area contributed by atoms with Crippen molar-refractivity contribution < 1.29 is 5.21 Å². The van der Waals surface area contributed by atoms with E-state index in [1.807, 2.05) is 6.07 Å². The molecule has 3 nitrogen and oxygen atoms in total. The van der Waals surface area contributed by atoms with Gasteiger partial charge in [0.05, 0.1) is 0 Å². The van der Waals surface area contributed by atoms with Gasteiger partial charge in [-0.15, -0.1) is 0 Å². The van der Waals surface area contributed by atoms with E-state index in [1.165, 1.54) is 0 Å². The average molecular weight is 169 g/mol. The first-order chi connectivity index (χ1) is 5.38. The van der Waals surface area contributed by atoms with Crippen molar-refractivity contribution in [3.8, 4) is 6.07 Å². The molecule has 0 aliphatic rings. The Bertz CT molecular complexity index is 303. The molecule has 0 saturated carbocycles. The van der Waals surface area contributed by atoms with Gasteiger partial charge in [-0.3, -0.25) is 0 Å². The predicted octanol–water partition coefficient (Wildman–Crippen LogP) is 1.01. The van der Waals surface area contributed by atoms with Crippen LogP contribution in [0.4, 0.5) is 0 Å². The first-order valence-electron chi connectivity index (χ1n) is 3.06. The minimum absolute atomic E-state index is 0. The van der Waals surface area contributed by atoms with Crippen LogP contribution in [0.15, 0.2) is 35.5 Å². The van der Waals surface area contributed by atoms with Crippen LogP contribution in [-0.4, -0.2) is 40.5 Å². The molecular formula is C8H6N2NaO. The maximum atomic E-state index is 8.44. The normalized spacial score (nSPS) is 9.75. The summed E-state index contributed by atoms with van der Waals surface area (Å²) < 4.78 is 0. The number of nitrogens with zero attached hydrogens (tertiary/aromatic N) is 2. The molecule has 0 aromatic heterocycles. The van der Waals surface area contributed by atoms with E-state index in [0.29, 0.717) is 5.56 Å². The van der Waals surface area contributed by atoms with E-state index >= 15 is 0 Å². The maximum absolute atomic E-state index is 8.44. The van der Waals surface area contributed by atoms with Gasteiger partial charge >= 0.3 is 0 Å². The van der Waals surface area contributed by atoms with Gasteiger partial charge in [0, 0.05) is 35.1 Å². The molecule has 1 N–H and O–H groups in total. The molecule has 0 bridgehead atoms. The summed E-state index contributed by atoms with van der Waals surface area (Å²) in [6.07, 6.45) is 0. The summed E-state index contributed by atoms with van der Waals surface area (Å²) in [7, 11) is 0. The zero-order valence-corrected chi connectivity index (χ0v) is 8.73. The molecule has 0 atom stereocenters. The second kappa shape index (κ2) is 5.78. The van der Waals surface area contributed by atoms with E-state index in [2.05, 4.69) is 5.16 Å². The van der Waals surface area contributed by atoms with E-state index in [9.17, 15) is 0 Å². The largest absolute Gasteiger partial charge is 0.410 e. The fourth-order valence-corrected chi connectivity index (χ4v) is 0.741. The molecule has 0 saturated heterocycles. The van der Waals surface area contributed by atoms with Gasteiger partial charge in [-0.25, -0.2) is 0 Å². The molecule has 0 aliphatic carbocycles. The molecule has 12 heavy (non-hydrogen) atoms. The Morgan fingerprint density at radius 3 is 2.33 bits per heavy atom. The minimum atomic E-state index is 0. The molecule has 0 amide bonds. The zero-order chi connectivity index (χ0) is 8.10. The Morgan fingerprint density at radius 2 is 1.92 bits per heavy atom. The summed E-state index contributed by atoms with van der Waals surface area (Å²) >= 11 is 0. The van der Waals surface area contributed by atoms with Crippen molar-refractivity contribution in [2.75, 3.05) is 0 Å². The number of oxime groups is 1. The second-order valence-electron chi connectivity index (χ2n) is 1.93. The van der Waals surface area contributed by atoms with E-state index in [1.54, 1.807) is 30.3 Å². The van der Waals surface area contributed by atoms with Gasteiger partial charge in [0.15, 0.2) is 5.71 Å². The summed E-state index contributed by atoms with van der Waals surface area (Å²) in [5.41, 5.74) is 0.656. The Hall–Kier alpha value is -0.820. The number of hydrogen-bond acceptors (Lipinski definition) is 3. The number of hydrogen-bond donors (Lipinski definition) is 1. The van der Waals surface area contributed by atoms with Crippen molar-refractivity contribution in [2.45, 2.75) is 0 Å². The van der Waals surface area contributed by atoms with E-state index < -0.39 is 0 Å². The third-order valence-corrected chi connectivity index (χ3v) is 1.25. The summed E-state index contributed by atoms with van der Waals surface area (Å²) in [5.74, 6) is 0. The van der Waals surface area contributed by atoms with Gasteiger partial charge in [-0.2, -0.15) is 5.26 Å². The van der Waals surface area contributed by atoms with Crippen LogP contribution < -0.4 is 0 Å². The quantitative estimate of drug-likeness (QED) is 0.295. The standard InChI is InChI=1S/C8H6N2O.Na/c9-6-8(10-11)7-4-2-1-3-5-7;/h1-5,11H;. The molecule has 1 aromatic rings. The van der Waals surface area contributed by atoms with Gasteiger partial charge in [0.25, 0.3) is 0 Å². The first-order valence-corrected chi connectivity index (χ1v) is 3.06. The first kappa shape index (κ1) is 11.2. The number of nitriles is 1. The van der Waals surface area contributed by atoms with Crippen LogP contribution in [0.1, 0.15) is 5.56 Å². The van der Waals surface area contributed by atoms with Crippen molar-refractivity contribution in [3.05, 3.63) is 35.9 Å². The van der Waals surface area contributed by atoms with Crippen molar-refractivity contribution in [2.24, 2.45) is 5.16 Å². The molecule has 0 unspecified atom stereocenters. The molecule has 0 heterocycles. The Labute approximate surface area is 92.6 Å². The van der Waals surface area contributed by atoms with Crippen molar-refractivity contribution in [1.29, 1.82) is 5.26 Å². The third kappa shape index (κ3) is 2.67. The summed E-state index contributed by atoms with van der Waals surface area (Å²) in [5, 5.41) is 19.6. The van der Waals surface area contributed by atoms with Crippen LogP contribution in [-0.2, 0) is 0 Å². The van der Waals surface area contributed by atoms with Crippen molar-refractivity contribution in [3.63, 3.8) is 0 Å². The molecule has 55 valence electrons. The Balaban J connectivity index is 0.00000121. The van der Waals surface area contributed by atoms with Crippen molar-refractivity contribution >= 4 is 35.3 Å². The fourth-order valence-electron chi connectivity index (χ4n) is 0.741.